The van der Waals surface area contributed by atoms with E-state index in [0.717, 1.165) is 0 Å². The van der Waals surface area contributed by atoms with Crippen LogP contribution in [-0.2, 0) is 23.6 Å². The summed E-state index contributed by atoms with van der Waals surface area (Å²) in [6.45, 7) is 0. The highest BCUT2D eigenvalue weighted by atomic mass is 35.7. The highest BCUT2D eigenvalue weighted by Gasteiger charge is 2.34. The summed E-state index contributed by atoms with van der Waals surface area (Å²) in [7, 11) is 9.15. The second-order valence-corrected chi connectivity index (χ2v) is 15.2. The minimum Gasteiger partial charge on any atom is -0.258 e. The topological polar surface area (TPSA) is 9.72 Å². The first-order valence-electron chi connectivity index (χ1n) is 3.74. The highest BCUT2D eigenvalue weighted by Crippen LogP contribution is 2.72. The van der Waals surface area contributed by atoms with E-state index in [9.17, 15) is 0 Å². The normalized spacial score (nSPS) is 21.3. The summed E-state index contributed by atoms with van der Waals surface area (Å²) in [5, 5.41) is 0. The summed E-state index contributed by atoms with van der Waals surface area (Å²) in [6, 6.07) is 0. The van der Waals surface area contributed by atoms with Gasteiger partial charge < -0.3 is 0 Å². The molecular weight excluding hydrogens is 299 g/mol. The molecule has 0 N–H and O–H groups in total. The minimum atomic E-state index is -2.29. The Kier molecular flexibility index (Phi) is 6.07. The Morgan fingerprint density at radius 3 is 1.14 bits per heavy atom. The SMILES string of the molecule is CN(C)P(=S)(Cl)N(C)P(=S)(Cl)N(C)C. The molecule has 0 radical (unpaired) electrons. The van der Waals surface area contributed by atoms with Crippen LogP contribution in [-0.4, -0.2) is 49.0 Å². The van der Waals surface area contributed by atoms with E-state index in [4.69, 9.17) is 46.1 Å². The molecule has 0 bridgehead atoms. The van der Waals surface area contributed by atoms with E-state index >= 15 is 0 Å². The molecule has 2 atom stereocenters. The molecule has 86 valence electrons. The van der Waals surface area contributed by atoms with Crippen molar-refractivity contribution >= 4 is 57.5 Å². The summed E-state index contributed by atoms with van der Waals surface area (Å²) in [5.41, 5.74) is -4.57. The molecule has 0 aromatic rings. The molecule has 0 spiro atoms. The molecule has 0 aromatic heterocycles. The molecule has 0 aliphatic rings. The van der Waals surface area contributed by atoms with Crippen LogP contribution in [0.25, 0.3) is 0 Å². The van der Waals surface area contributed by atoms with Gasteiger partial charge in [-0.1, -0.05) is 22.5 Å². The van der Waals surface area contributed by atoms with Gasteiger partial charge in [-0.25, -0.2) is 4.44 Å². The monoisotopic (exact) mass is 313 g/mol. The average molecular weight is 314 g/mol. The Morgan fingerprint density at radius 1 is 0.786 bits per heavy atom. The van der Waals surface area contributed by atoms with E-state index in [-0.39, 0.29) is 0 Å². The van der Waals surface area contributed by atoms with Crippen molar-refractivity contribution in [2.24, 2.45) is 0 Å². The standard InChI is InChI=1S/C5H15Cl2N3P2S2/c1-8(2)11(6,13)10(5)12(7,14)9(3)4/h1-5H3. The maximum atomic E-state index is 6.28. The Morgan fingerprint density at radius 2 is 1.00 bits per heavy atom. The lowest BCUT2D eigenvalue weighted by Gasteiger charge is -2.38. The van der Waals surface area contributed by atoms with Crippen LogP contribution in [0.3, 0.4) is 0 Å². The van der Waals surface area contributed by atoms with E-state index in [1.54, 1.807) is 20.8 Å². The fourth-order valence-electron chi connectivity index (χ4n) is 0.654. The van der Waals surface area contributed by atoms with Gasteiger partial charge in [0.25, 0.3) is 0 Å². The Hall–Kier alpha value is 1.76. The van der Waals surface area contributed by atoms with Gasteiger partial charge >= 0.3 is 0 Å². The quantitative estimate of drug-likeness (QED) is 0.736. The van der Waals surface area contributed by atoms with E-state index < -0.39 is 11.4 Å². The van der Waals surface area contributed by atoms with Crippen LogP contribution >= 0.6 is 33.9 Å². The van der Waals surface area contributed by atoms with Gasteiger partial charge in [-0.2, -0.15) is 0 Å². The third kappa shape index (κ3) is 3.38. The molecule has 0 aliphatic heterocycles. The molecule has 0 heterocycles. The molecule has 0 fully saturated rings. The largest absolute Gasteiger partial charge is 0.258 e. The second kappa shape index (κ2) is 5.39. The Labute approximate surface area is 106 Å². The second-order valence-electron chi connectivity index (χ2n) is 3.13. The van der Waals surface area contributed by atoms with Crippen LogP contribution in [0.15, 0.2) is 0 Å². The fourth-order valence-corrected chi connectivity index (χ4v) is 8.85. The van der Waals surface area contributed by atoms with Crippen LogP contribution in [0, 0.1) is 0 Å². The lowest BCUT2D eigenvalue weighted by Crippen LogP contribution is -2.22. The van der Waals surface area contributed by atoms with Gasteiger partial charge in [-0.15, -0.1) is 0 Å². The first kappa shape index (κ1) is 15.8. The van der Waals surface area contributed by atoms with Gasteiger partial charge in [0.05, 0.1) is 0 Å². The molecule has 0 saturated carbocycles. The third-order valence-corrected chi connectivity index (χ3v) is 14.6. The Bertz CT molecular complexity index is 269. The maximum Gasteiger partial charge on any atom is 0.169 e. The molecule has 9 heteroatoms. The smallest absolute Gasteiger partial charge is 0.169 e. The lowest BCUT2D eigenvalue weighted by molar-refractivity contribution is 0.613. The molecule has 2 unspecified atom stereocenters. The van der Waals surface area contributed by atoms with E-state index in [1.165, 1.54) is 0 Å². The molecule has 0 rings (SSSR count). The van der Waals surface area contributed by atoms with Crippen molar-refractivity contribution in [2.75, 3.05) is 35.2 Å². The molecule has 3 nitrogen and oxygen atoms in total. The number of hydrogen-bond acceptors (Lipinski definition) is 2. The zero-order valence-electron chi connectivity index (χ0n) is 8.81. The number of nitrogens with zero attached hydrogens (tertiary/aromatic N) is 3. The molecular formula is C5H15Cl2N3P2S2. The van der Waals surface area contributed by atoms with E-state index in [0.29, 0.717) is 0 Å². The third-order valence-electron chi connectivity index (χ3n) is 1.70. The van der Waals surface area contributed by atoms with Crippen LogP contribution in [0.2, 0.25) is 0 Å². The van der Waals surface area contributed by atoms with Crippen molar-refractivity contribution in [1.29, 1.82) is 0 Å². The van der Waals surface area contributed by atoms with Crippen LogP contribution in [0.1, 0.15) is 0 Å². The maximum absolute atomic E-state index is 6.28. The summed E-state index contributed by atoms with van der Waals surface area (Å²) in [5.74, 6) is 0. The van der Waals surface area contributed by atoms with Crippen molar-refractivity contribution < 1.29 is 0 Å². The van der Waals surface area contributed by atoms with Crippen LogP contribution in [0.5, 0.6) is 0 Å². The first-order chi connectivity index (χ1) is 6.04. The summed E-state index contributed by atoms with van der Waals surface area (Å²) >= 11 is 23.2. The highest BCUT2D eigenvalue weighted by molar-refractivity contribution is 8.33. The van der Waals surface area contributed by atoms with Crippen molar-refractivity contribution in [1.82, 2.24) is 13.8 Å². The fraction of sp³-hybridized carbons (Fsp3) is 1.00. The molecule has 14 heavy (non-hydrogen) atoms. The first-order valence-corrected chi connectivity index (χ1v) is 11.0. The number of halogens is 2. The zero-order chi connectivity index (χ0) is 11.7. The lowest BCUT2D eigenvalue weighted by atomic mass is 11.3. The van der Waals surface area contributed by atoms with Crippen molar-refractivity contribution in [3.63, 3.8) is 0 Å². The summed E-state index contributed by atoms with van der Waals surface area (Å²) in [4.78, 5) is 0. The molecule has 0 aliphatic carbocycles. The minimum absolute atomic E-state index is 1.76. The predicted octanol–water partition coefficient (Wildman–Crippen LogP) is 2.97. The van der Waals surface area contributed by atoms with Crippen molar-refractivity contribution in [3.05, 3.63) is 0 Å². The molecule has 0 aromatic carbocycles. The summed E-state index contributed by atoms with van der Waals surface area (Å²) in [6.07, 6.45) is 0. The van der Waals surface area contributed by atoms with Gasteiger partial charge in [0.15, 0.2) is 11.4 Å². The van der Waals surface area contributed by atoms with E-state index in [1.807, 2.05) is 28.2 Å². The van der Waals surface area contributed by atoms with Gasteiger partial charge in [0, 0.05) is 7.05 Å². The van der Waals surface area contributed by atoms with Gasteiger partial charge in [-0.3, -0.25) is 9.34 Å². The molecule has 0 saturated heterocycles. The average Bonchev–Trinajstić information content (AvgIpc) is 2.02. The van der Waals surface area contributed by atoms with Crippen molar-refractivity contribution in [3.8, 4) is 0 Å². The number of hydrogen-bond donors (Lipinski definition) is 0. The van der Waals surface area contributed by atoms with E-state index in [2.05, 4.69) is 0 Å². The zero-order valence-corrected chi connectivity index (χ0v) is 13.7. The predicted molar refractivity (Wildman–Crippen MR) is 75.4 cm³/mol. The van der Waals surface area contributed by atoms with Gasteiger partial charge in [0.2, 0.25) is 0 Å². The number of rotatable bonds is 4. The molecule has 0 amide bonds. The van der Waals surface area contributed by atoms with Gasteiger partial charge in [0.1, 0.15) is 0 Å². The summed E-state index contributed by atoms with van der Waals surface area (Å²) < 4.78 is 5.36. The Balaban J connectivity index is 5.07. The van der Waals surface area contributed by atoms with Crippen LogP contribution < -0.4 is 0 Å². The van der Waals surface area contributed by atoms with Crippen LogP contribution in [0.4, 0.5) is 0 Å². The van der Waals surface area contributed by atoms with Gasteiger partial charge in [-0.05, 0) is 51.8 Å². The van der Waals surface area contributed by atoms with Crippen molar-refractivity contribution in [2.45, 2.75) is 0 Å².